The molecule has 0 heterocycles. The lowest BCUT2D eigenvalue weighted by Crippen LogP contribution is -2.08. The second-order valence-electron chi connectivity index (χ2n) is 6.09. The van der Waals surface area contributed by atoms with Crippen molar-refractivity contribution in [3.63, 3.8) is 0 Å². The molecule has 0 saturated carbocycles. The molecule has 0 unspecified atom stereocenters. The molecule has 4 heteroatoms. The first kappa shape index (κ1) is 21.0. The molecular weight excluding hydrogens is 356 g/mol. The van der Waals surface area contributed by atoms with Crippen LogP contribution in [0.3, 0.4) is 0 Å². The maximum atomic E-state index is 11.9. The molecule has 0 fully saturated rings. The van der Waals surface area contributed by atoms with Crippen molar-refractivity contribution in [1.29, 1.82) is 0 Å². The molecule has 3 nitrogen and oxygen atoms in total. The van der Waals surface area contributed by atoms with Crippen molar-refractivity contribution < 1.29 is 14.6 Å². The van der Waals surface area contributed by atoms with E-state index in [0.29, 0.717) is 12.2 Å². The van der Waals surface area contributed by atoms with Gasteiger partial charge in [0.05, 0.1) is 6.10 Å². The molecule has 0 amide bonds. The number of aliphatic hydroxyl groups is 1. The molecule has 0 aliphatic heterocycles. The van der Waals surface area contributed by atoms with Gasteiger partial charge in [0.1, 0.15) is 5.75 Å². The van der Waals surface area contributed by atoms with Gasteiger partial charge in [0.2, 0.25) is 0 Å². The number of esters is 1. The summed E-state index contributed by atoms with van der Waals surface area (Å²) >= 11 is 1.60. The van der Waals surface area contributed by atoms with Crippen LogP contribution in [0.2, 0.25) is 0 Å². The standard InChI is InChI=1S/C23H26O3S/c1-2-3-15-21(24)22(27-18-19-11-6-4-7-12-19)16-10-17-23(25)26-20-13-8-5-9-14-20/h4-14,16-17,21,24H,2-3,15,18H2,1H3/b17-10-,22-16?/t21-/m0/s1. The van der Waals surface area contributed by atoms with Crippen LogP contribution < -0.4 is 4.74 Å². The van der Waals surface area contributed by atoms with Crippen molar-refractivity contribution in [3.8, 4) is 5.75 Å². The molecule has 1 atom stereocenters. The number of carbonyl (C=O) groups excluding carboxylic acids is 1. The number of thioether (sulfide) groups is 1. The molecule has 2 aromatic carbocycles. The van der Waals surface area contributed by atoms with E-state index in [2.05, 4.69) is 19.1 Å². The summed E-state index contributed by atoms with van der Waals surface area (Å²) in [5, 5.41) is 10.5. The zero-order valence-corrected chi connectivity index (χ0v) is 16.4. The van der Waals surface area contributed by atoms with Crippen LogP contribution in [-0.2, 0) is 10.5 Å². The first-order valence-electron chi connectivity index (χ1n) is 9.19. The third-order valence-electron chi connectivity index (χ3n) is 3.86. The Kier molecular flexibility index (Phi) is 9.45. The molecule has 0 spiro atoms. The summed E-state index contributed by atoms with van der Waals surface area (Å²) < 4.78 is 5.23. The Bertz CT molecular complexity index is 739. The number of ether oxygens (including phenoxy) is 1. The van der Waals surface area contributed by atoms with Crippen molar-refractivity contribution in [2.24, 2.45) is 0 Å². The van der Waals surface area contributed by atoms with E-state index in [1.807, 2.05) is 36.4 Å². The number of benzene rings is 2. The number of aliphatic hydroxyl groups excluding tert-OH is 1. The molecular formula is C23H26O3S. The van der Waals surface area contributed by atoms with Crippen LogP contribution in [0.4, 0.5) is 0 Å². The third kappa shape index (κ3) is 8.29. The molecule has 2 rings (SSSR count). The summed E-state index contributed by atoms with van der Waals surface area (Å²) in [5.74, 6) is 0.851. The Morgan fingerprint density at radius 2 is 1.78 bits per heavy atom. The quantitative estimate of drug-likeness (QED) is 0.254. The van der Waals surface area contributed by atoms with E-state index >= 15 is 0 Å². The SMILES string of the molecule is CCCC[C@H](O)C(=C/C=C\C(=O)Oc1ccccc1)SCc1ccccc1. The molecule has 27 heavy (non-hydrogen) atoms. The minimum atomic E-state index is -0.520. The van der Waals surface area contributed by atoms with E-state index in [-0.39, 0.29) is 0 Å². The monoisotopic (exact) mass is 382 g/mol. The summed E-state index contributed by atoms with van der Waals surface area (Å²) in [5.41, 5.74) is 1.20. The van der Waals surface area contributed by atoms with Gasteiger partial charge < -0.3 is 9.84 Å². The van der Waals surface area contributed by atoms with Gasteiger partial charge in [0.25, 0.3) is 0 Å². The average Bonchev–Trinajstić information content (AvgIpc) is 2.70. The van der Waals surface area contributed by atoms with Crippen LogP contribution in [0.1, 0.15) is 31.7 Å². The Labute approximate surface area is 165 Å². The normalized spacial score (nSPS) is 12.9. The molecule has 1 N–H and O–H groups in total. The van der Waals surface area contributed by atoms with Gasteiger partial charge >= 0.3 is 5.97 Å². The number of carbonyl (C=O) groups is 1. The lowest BCUT2D eigenvalue weighted by molar-refractivity contribution is -0.128. The first-order chi connectivity index (χ1) is 13.2. The van der Waals surface area contributed by atoms with Gasteiger partial charge in [-0.3, -0.25) is 0 Å². The molecule has 0 aromatic heterocycles. The predicted molar refractivity (Wildman–Crippen MR) is 113 cm³/mol. The Balaban J connectivity index is 1.98. The highest BCUT2D eigenvalue weighted by atomic mass is 32.2. The highest BCUT2D eigenvalue weighted by Gasteiger charge is 2.11. The highest BCUT2D eigenvalue weighted by molar-refractivity contribution is 8.02. The molecule has 0 aliphatic carbocycles. The van der Waals surface area contributed by atoms with E-state index in [1.54, 1.807) is 36.0 Å². The van der Waals surface area contributed by atoms with Gasteiger partial charge in [-0.1, -0.05) is 74.4 Å². The summed E-state index contributed by atoms with van der Waals surface area (Å²) in [4.78, 5) is 12.8. The maximum absolute atomic E-state index is 11.9. The van der Waals surface area contributed by atoms with E-state index in [0.717, 1.165) is 23.5 Å². The second kappa shape index (κ2) is 12.2. The predicted octanol–water partition coefficient (Wildman–Crippen LogP) is 5.52. The molecule has 142 valence electrons. The van der Waals surface area contributed by atoms with Gasteiger partial charge in [-0.25, -0.2) is 4.79 Å². The maximum Gasteiger partial charge on any atom is 0.336 e. The summed E-state index contributed by atoms with van der Waals surface area (Å²) in [6.07, 6.45) is 7.02. The van der Waals surface area contributed by atoms with Gasteiger partial charge in [0.15, 0.2) is 0 Å². The molecule has 2 aromatic rings. The van der Waals surface area contributed by atoms with E-state index in [1.165, 1.54) is 11.6 Å². The lowest BCUT2D eigenvalue weighted by atomic mass is 10.1. The first-order valence-corrected chi connectivity index (χ1v) is 10.2. The minimum Gasteiger partial charge on any atom is -0.423 e. The van der Waals surface area contributed by atoms with Crippen LogP contribution >= 0.6 is 11.8 Å². The number of para-hydroxylation sites is 1. The van der Waals surface area contributed by atoms with Crippen molar-refractivity contribution in [2.75, 3.05) is 0 Å². The zero-order chi connectivity index (χ0) is 19.3. The Morgan fingerprint density at radius 3 is 2.44 bits per heavy atom. The van der Waals surface area contributed by atoms with Crippen molar-refractivity contribution in [1.82, 2.24) is 0 Å². The van der Waals surface area contributed by atoms with Crippen molar-refractivity contribution in [2.45, 2.75) is 38.0 Å². The van der Waals surface area contributed by atoms with Gasteiger partial charge in [-0.05, 0) is 30.2 Å². The van der Waals surface area contributed by atoms with E-state index < -0.39 is 12.1 Å². The molecule has 0 aliphatic rings. The number of rotatable bonds is 10. The zero-order valence-electron chi connectivity index (χ0n) is 15.6. The molecule has 0 radical (unpaired) electrons. The summed E-state index contributed by atoms with van der Waals surface area (Å²) in [6, 6.07) is 19.1. The fourth-order valence-corrected chi connectivity index (χ4v) is 3.41. The van der Waals surface area contributed by atoms with Crippen LogP contribution in [-0.4, -0.2) is 17.2 Å². The Hall–Kier alpha value is -2.30. The second-order valence-corrected chi connectivity index (χ2v) is 7.14. The lowest BCUT2D eigenvalue weighted by Gasteiger charge is -2.14. The van der Waals surface area contributed by atoms with Gasteiger partial charge in [-0.15, -0.1) is 11.8 Å². The summed E-state index contributed by atoms with van der Waals surface area (Å²) in [7, 11) is 0. The number of allylic oxidation sites excluding steroid dienone is 2. The van der Waals surface area contributed by atoms with Crippen LogP contribution in [0.25, 0.3) is 0 Å². The topological polar surface area (TPSA) is 46.5 Å². The van der Waals surface area contributed by atoms with Gasteiger partial charge in [-0.2, -0.15) is 0 Å². The fourth-order valence-electron chi connectivity index (χ4n) is 2.40. The average molecular weight is 383 g/mol. The van der Waals surface area contributed by atoms with Crippen LogP contribution in [0.15, 0.2) is 83.8 Å². The van der Waals surface area contributed by atoms with E-state index in [9.17, 15) is 9.90 Å². The van der Waals surface area contributed by atoms with Gasteiger partial charge in [0, 0.05) is 16.7 Å². The number of unbranched alkanes of at least 4 members (excludes halogenated alkanes) is 1. The van der Waals surface area contributed by atoms with Crippen molar-refractivity contribution in [3.05, 3.63) is 89.4 Å². The smallest absolute Gasteiger partial charge is 0.336 e. The van der Waals surface area contributed by atoms with E-state index in [4.69, 9.17) is 4.74 Å². The number of hydrogen-bond donors (Lipinski definition) is 1. The van der Waals surface area contributed by atoms with Crippen LogP contribution in [0.5, 0.6) is 5.75 Å². The minimum absolute atomic E-state index is 0.437. The number of hydrogen-bond acceptors (Lipinski definition) is 4. The summed E-state index contributed by atoms with van der Waals surface area (Å²) in [6.45, 7) is 2.10. The molecule has 0 saturated heterocycles. The largest absolute Gasteiger partial charge is 0.423 e. The van der Waals surface area contributed by atoms with Crippen LogP contribution in [0, 0.1) is 0 Å². The third-order valence-corrected chi connectivity index (χ3v) is 5.08. The highest BCUT2D eigenvalue weighted by Crippen LogP contribution is 2.26. The molecule has 0 bridgehead atoms. The fraction of sp³-hybridized carbons (Fsp3) is 0.261. The Morgan fingerprint density at radius 1 is 1.11 bits per heavy atom. The van der Waals surface area contributed by atoms with Crippen molar-refractivity contribution >= 4 is 17.7 Å².